The number of aliphatic imine (C=N–C) groups is 2. The minimum absolute atomic E-state index is 0.355. The first-order valence-electron chi connectivity index (χ1n) is 7.23. The molecule has 0 aromatic heterocycles. The summed E-state index contributed by atoms with van der Waals surface area (Å²) in [7, 11) is 1.61. The van der Waals surface area contributed by atoms with Gasteiger partial charge in [0.2, 0.25) is 5.96 Å². The first-order valence-corrected chi connectivity index (χ1v) is 7.61. The Morgan fingerprint density at radius 2 is 2.13 bits per heavy atom. The molecule has 0 radical (unpaired) electrons. The summed E-state index contributed by atoms with van der Waals surface area (Å²) in [5, 5.41) is 2.91. The number of likely N-dealkylation sites (N-methyl/N-ethyl adjacent to an activating group) is 2. The number of benzene rings is 1. The Morgan fingerprint density at radius 3 is 2.83 bits per heavy atom. The molecule has 7 nitrogen and oxygen atoms in total. The molecule has 1 fully saturated rings. The number of carbonyl (C=O) groups excluding carboxylic acids is 2. The molecule has 1 aromatic rings. The molecular weight excluding hydrogens is 318 g/mol. The summed E-state index contributed by atoms with van der Waals surface area (Å²) in [4.78, 5) is 35.8. The van der Waals surface area contributed by atoms with Crippen LogP contribution in [-0.4, -0.2) is 59.7 Å². The van der Waals surface area contributed by atoms with E-state index in [-0.39, 0.29) is 5.91 Å². The second-order valence-corrected chi connectivity index (χ2v) is 5.67. The lowest BCUT2D eigenvalue weighted by Gasteiger charge is -2.35. The van der Waals surface area contributed by atoms with Crippen LogP contribution >= 0.6 is 11.6 Å². The fourth-order valence-electron chi connectivity index (χ4n) is 2.66. The van der Waals surface area contributed by atoms with Gasteiger partial charge in [-0.15, -0.1) is 0 Å². The normalized spacial score (nSPS) is 24.0. The standard InChI is InChI=1S/C15H16ClN5O2/c1-3-21-11-12(20(2)15(23)19-13(11)22)18-14(21)17-8-9-6-4-5-7-10(9)16/h4-8,11-12H,3H2,1-2H3,(H,19,22,23)/b17-8+. The van der Waals surface area contributed by atoms with Crippen LogP contribution < -0.4 is 5.32 Å². The van der Waals surface area contributed by atoms with Crippen molar-refractivity contribution in [1.29, 1.82) is 0 Å². The number of amides is 3. The Labute approximate surface area is 138 Å². The summed E-state index contributed by atoms with van der Waals surface area (Å²) in [5.74, 6) is 0.0609. The van der Waals surface area contributed by atoms with Gasteiger partial charge in [-0.2, -0.15) is 0 Å². The lowest BCUT2D eigenvalue weighted by atomic mass is 10.1. The molecule has 0 saturated carbocycles. The van der Waals surface area contributed by atoms with E-state index in [4.69, 9.17) is 11.6 Å². The van der Waals surface area contributed by atoms with Crippen LogP contribution in [0.25, 0.3) is 0 Å². The maximum Gasteiger partial charge on any atom is 0.325 e. The number of nitrogens with zero attached hydrogens (tertiary/aromatic N) is 4. The van der Waals surface area contributed by atoms with Gasteiger partial charge in [0.05, 0.1) is 0 Å². The van der Waals surface area contributed by atoms with Crippen molar-refractivity contribution in [3.05, 3.63) is 34.9 Å². The van der Waals surface area contributed by atoms with Crippen LogP contribution in [0.15, 0.2) is 34.3 Å². The Hall–Kier alpha value is -2.41. The number of guanidine groups is 1. The average molecular weight is 334 g/mol. The summed E-state index contributed by atoms with van der Waals surface area (Å²) in [6, 6.07) is 6.31. The zero-order valence-electron chi connectivity index (χ0n) is 12.7. The number of urea groups is 1. The van der Waals surface area contributed by atoms with Gasteiger partial charge in [0, 0.05) is 30.4 Å². The van der Waals surface area contributed by atoms with Crippen molar-refractivity contribution in [3.8, 4) is 0 Å². The largest absolute Gasteiger partial charge is 0.325 e. The molecule has 0 aliphatic carbocycles. The van der Waals surface area contributed by atoms with Crippen LogP contribution in [0.5, 0.6) is 0 Å². The lowest BCUT2D eigenvalue weighted by Crippen LogP contribution is -2.63. The fraction of sp³-hybridized carbons (Fsp3) is 0.333. The third-order valence-corrected chi connectivity index (χ3v) is 4.25. The van der Waals surface area contributed by atoms with E-state index in [0.29, 0.717) is 17.5 Å². The highest BCUT2D eigenvalue weighted by Gasteiger charge is 2.47. The average Bonchev–Trinajstić information content (AvgIpc) is 2.91. The maximum atomic E-state index is 12.1. The molecule has 3 rings (SSSR count). The number of halogens is 1. The van der Waals surface area contributed by atoms with Crippen molar-refractivity contribution in [2.24, 2.45) is 9.98 Å². The highest BCUT2D eigenvalue weighted by atomic mass is 35.5. The van der Waals surface area contributed by atoms with E-state index in [1.54, 1.807) is 24.2 Å². The summed E-state index contributed by atoms with van der Waals surface area (Å²) >= 11 is 6.11. The number of hydrogen-bond acceptors (Lipinski definition) is 5. The quantitative estimate of drug-likeness (QED) is 0.829. The molecule has 1 N–H and O–H groups in total. The van der Waals surface area contributed by atoms with E-state index in [2.05, 4.69) is 15.3 Å². The van der Waals surface area contributed by atoms with E-state index >= 15 is 0 Å². The minimum Gasteiger partial charge on any atom is -0.325 e. The number of carbonyl (C=O) groups is 2. The molecule has 1 aromatic carbocycles. The van der Waals surface area contributed by atoms with Crippen LogP contribution in [0.2, 0.25) is 5.02 Å². The Kier molecular flexibility index (Phi) is 4.04. The van der Waals surface area contributed by atoms with Crippen molar-refractivity contribution in [2.75, 3.05) is 13.6 Å². The van der Waals surface area contributed by atoms with Gasteiger partial charge in [0.25, 0.3) is 5.91 Å². The zero-order valence-corrected chi connectivity index (χ0v) is 13.5. The van der Waals surface area contributed by atoms with Crippen LogP contribution in [0.3, 0.4) is 0 Å². The summed E-state index contributed by atoms with van der Waals surface area (Å²) < 4.78 is 0. The third-order valence-electron chi connectivity index (χ3n) is 3.90. The highest BCUT2D eigenvalue weighted by Crippen LogP contribution is 2.24. The van der Waals surface area contributed by atoms with Gasteiger partial charge >= 0.3 is 6.03 Å². The number of fused-ring (bicyclic) bond motifs is 1. The summed E-state index contributed by atoms with van der Waals surface area (Å²) in [6.07, 6.45) is 1.05. The summed E-state index contributed by atoms with van der Waals surface area (Å²) in [5.41, 5.74) is 0.761. The van der Waals surface area contributed by atoms with Gasteiger partial charge in [0.1, 0.15) is 0 Å². The number of nitrogens with one attached hydrogen (secondary N) is 1. The van der Waals surface area contributed by atoms with Crippen LogP contribution in [-0.2, 0) is 4.79 Å². The van der Waals surface area contributed by atoms with Gasteiger partial charge in [-0.3, -0.25) is 10.1 Å². The molecule has 3 amide bonds. The van der Waals surface area contributed by atoms with Crippen molar-refractivity contribution in [2.45, 2.75) is 19.1 Å². The second-order valence-electron chi connectivity index (χ2n) is 5.26. The molecule has 0 spiro atoms. The molecule has 120 valence electrons. The molecule has 23 heavy (non-hydrogen) atoms. The number of rotatable bonds is 2. The predicted molar refractivity (Wildman–Crippen MR) is 87.7 cm³/mol. The Balaban J connectivity index is 1.91. The Bertz CT molecular complexity index is 718. The zero-order chi connectivity index (χ0) is 16.6. The van der Waals surface area contributed by atoms with Crippen molar-refractivity contribution in [3.63, 3.8) is 0 Å². The van der Waals surface area contributed by atoms with Gasteiger partial charge < -0.3 is 9.80 Å². The van der Waals surface area contributed by atoms with Crippen molar-refractivity contribution >= 4 is 35.7 Å². The molecule has 2 unspecified atom stereocenters. The molecule has 2 heterocycles. The fourth-order valence-corrected chi connectivity index (χ4v) is 2.85. The predicted octanol–water partition coefficient (Wildman–Crippen LogP) is 1.33. The monoisotopic (exact) mass is 333 g/mol. The second kappa shape index (κ2) is 6.00. The number of hydrogen-bond donors (Lipinski definition) is 1. The molecule has 1 saturated heterocycles. The molecule has 8 heteroatoms. The van der Waals surface area contributed by atoms with Crippen LogP contribution in [0.1, 0.15) is 12.5 Å². The third kappa shape index (κ3) is 2.68. The molecule has 2 atom stereocenters. The maximum absolute atomic E-state index is 12.1. The molecular formula is C15H16ClN5O2. The lowest BCUT2D eigenvalue weighted by molar-refractivity contribution is -0.127. The Morgan fingerprint density at radius 1 is 1.39 bits per heavy atom. The minimum atomic E-state index is -0.561. The van der Waals surface area contributed by atoms with E-state index in [0.717, 1.165) is 5.56 Å². The SMILES string of the molecule is CCN1C(/N=C/c2ccccc2Cl)=NC2C1C(=O)NC(=O)N2C. The first-order chi connectivity index (χ1) is 11.0. The van der Waals surface area contributed by atoms with Gasteiger partial charge in [0.15, 0.2) is 12.2 Å². The van der Waals surface area contributed by atoms with Crippen LogP contribution in [0, 0.1) is 0 Å². The number of imide groups is 1. The van der Waals surface area contributed by atoms with Gasteiger partial charge in [-0.25, -0.2) is 14.8 Å². The molecule has 2 aliphatic heterocycles. The van der Waals surface area contributed by atoms with E-state index < -0.39 is 18.2 Å². The first kappa shape index (κ1) is 15.5. The van der Waals surface area contributed by atoms with Gasteiger partial charge in [-0.1, -0.05) is 29.8 Å². The molecule has 0 bridgehead atoms. The van der Waals surface area contributed by atoms with E-state index in [9.17, 15) is 9.59 Å². The van der Waals surface area contributed by atoms with E-state index in [1.807, 2.05) is 25.1 Å². The van der Waals surface area contributed by atoms with Crippen molar-refractivity contribution in [1.82, 2.24) is 15.1 Å². The van der Waals surface area contributed by atoms with Crippen molar-refractivity contribution < 1.29 is 9.59 Å². The summed E-state index contributed by atoms with van der Waals surface area (Å²) in [6.45, 7) is 2.46. The topological polar surface area (TPSA) is 77.4 Å². The highest BCUT2D eigenvalue weighted by molar-refractivity contribution is 6.33. The van der Waals surface area contributed by atoms with Gasteiger partial charge in [-0.05, 0) is 13.0 Å². The smallest absolute Gasteiger partial charge is 0.325 e. The van der Waals surface area contributed by atoms with Crippen LogP contribution in [0.4, 0.5) is 4.79 Å². The molecule has 2 aliphatic rings. The van der Waals surface area contributed by atoms with E-state index in [1.165, 1.54) is 4.90 Å².